The van der Waals surface area contributed by atoms with Gasteiger partial charge in [0.25, 0.3) is 0 Å². The predicted octanol–water partition coefficient (Wildman–Crippen LogP) is 5.21. The number of aliphatic hydroxyl groups excluding tert-OH is 1. The summed E-state index contributed by atoms with van der Waals surface area (Å²) in [5.74, 6) is -0.105. The zero-order chi connectivity index (χ0) is 21.5. The van der Waals surface area contributed by atoms with Crippen LogP contribution in [-0.4, -0.2) is 23.3 Å². The summed E-state index contributed by atoms with van der Waals surface area (Å²) in [5, 5.41) is 21.3. The second-order valence-electron chi connectivity index (χ2n) is 7.60. The number of fused-ring (bicyclic) bond motifs is 2. The summed E-state index contributed by atoms with van der Waals surface area (Å²) in [6, 6.07) is 3.22. The Hall–Kier alpha value is -2.44. The van der Waals surface area contributed by atoms with Crippen molar-refractivity contribution in [2.24, 2.45) is 5.92 Å². The van der Waals surface area contributed by atoms with Crippen LogP contribution in [0.15, 0.2) is 12.1 Å². The molecule has 2 aromatic carbocycles. The summed E-state index contributed by atoms with van der Waals surface area (Å²) in [6.07, 6.45) is -0.309. The minimum atomic E-state index is -0.812. The summed E-state index contributed by atoms with van der Waals surface area (Å²) >= 11 is 6.25. The zero-order valence-corrected chi connectivity index (χ0v) is 17.9. The maximum Gasteiger partial charge on any atom is 0.346 e. The third-order valence-corrected chi connectivity index (χ3v) is 5.68. The van der Waals surface area contributed by atoms with Gasteiger partial charge in [-0.1, -0.05) is 25.4 Å². The monoisotopic (exact) mass is 420 g/mol. The molecule has 2 aromatic rings. The molecule has 0 amide bonds. The van der Waals surface area contributed by atoms with E-state index in [9.17, 15) is 15.0 Å². The molecule has 29 heavy (non-hydrogen) atoms. The van der Waals surface area contributed by atoms with Crippen molar-refractivity contribution < 1.29 is 29.2 Å². The molecule has 0 bridgehead atoms. The smallest absolute Gasteiger partial charge is 0.346 e. The lowest BCUT2D eigenvalue weighted by Gasteiger charge is -2.25. The van der Waals surface area contributed by atoms with Gasteiger partial charge in [-0.15, -0.1) is 0 Å². The second kappa shape index (κ2) is 8.13. The van der Waals surface area contributed by atoms with Crippen molar-refractivity contribution in [2.75, 3.05) is 7.11 Å². The molecule has 6 nitrogen and oxygen atoms in total. The molecule has 0 aliphatic carbocycles. The van der Waals surface area contributed by atoms with Crippen LogP contribution in [0.1, 0.15) is 59.0 Å². The summed E-state index contributed by atoms with van der Waals surface area (Å²) < 4.78 is 16.9. The average molecular weight is 421 g/mol. The molecule has 7 heteroatoms. The van der Waals surface area contributed by atoms with Crippen LogP contribution in [-0.2, 0) is 11.3 Å². The van der Waals surface area contributed by atoms with Gasteiger partial charge in [-0.3, -0.25) is 0 Å². The second-order valence-corrected chi connectivity index (χ2v) is 7.98. The molecule has 0 saturated carbocycles. The Kier molecular flexibility index (Phi) is 5.96. The van der Waals surface area contributed by atoms with Gasteiger partial charge in [0.05, 0.1) is 18.2 Å². The first-order valence-corrected chi connectivity index (χ1v) is 9.79. The van der Waals surface area contributed by atoms with Crippen LogP contribution in [0.4, 0.5) is 0 Å². The third-order valence-electron chi connectivity index (χ3n) is 5.21. The van der Waals surface area contributed by atoms with Crippen LogP contribution < -0.4 is 9.47 Å². The molecule has 1 aliphatic rings. The fourth-order valence-corrected chi connectivity index (χ4v) is 3.73. The summed E-state index contributed by atoms with van der Waals surface area (Å²) in [5.41, 5.74) is 2.55. The molecule has 0 aromatic heterocycles. The number of halogens is 1. The Morgan fingerprint density at radius 2 is 1.93 bits per heavy atom. The van der Waals surface area contributed by atoms with E-state index in [0.717, 1.165) is 5.56 Å². The summed E-state index contributed by atoms with van der Waals surface area (Å²) in [4.78, 5) is 12.8. The molecule has 0 spiro atoms. The Morgan fingerprint density at radius 1 is 1.24 bits per heavy atom. The fourth-order valence-electron chi connectivity index (χ4n) is 3.50. The molecule has 1 heterocycles. The van der Waals surface area contributed by atoms with Crippen molar-refractivity contribution >= 4 is 17.6 Å². The van der Waals surface area contributed by atoms with Gasteiger partial charge in [-0.05, 0) is 49.4 Å². The van der Waals surface area contributed by atoms with Crippen LogP contribution >= 0.6 is 11.6 Å². The minimum Gasteiger partial charge on any atom is -0.503 e. The lowest BCUT2D eigenvalue weighted by molar-refractivity contribution is 0.0453. The number of ether oxygens (including phenoxy) is 3. The molecule has 2 N–H and O–H groups in total. The number of hydrogen-bond acceptors (Lipinski definition) is 6. The van der Waals surface area contributed by atoms with E-state index in [1.54, 1.807) is 19.1 Å². The molecular formula is C22H25ClO6. The molecule has 156 valence electrons. The topological polar surface area (TPSA) is 85.2 Å². The molecule has 0 unspecified atom stereocenters. The van der Waals surface area contributed by atoms with Crippen LogP contribution in [0.3, 0.4) is 0 Å². The summed E-state index contributed by atoms with van der Waals surface area (Å²) in [7, 11) is 1.42. The van der Waals surface area contributed by atoms with Gasteiger partial charge in [0.15, 0.2) is 11.5 Å². The van der Waals surface area contributed by atoms with Crippen molar-refractivity contribution in [3.05, 3.63) is 45.0 Å². The summed E-state index contributed by atoms with van der Waals surface area (Å²) in [6.45, 7) is 7.50. The first-order valence-electron chi connectivity index (χ1n) is 9.41. The Bertz CT molecular complexity index is 967. The maximum atomic E-state index is 12.8. The van der Waals surface area contributed by atoms with Crippen molar-refractivity contribution in [2.45, 2.75) is 46.8 Å². The highest BCUT2D eigenvalue weighted by Crippen LogP contribution is 2.48. The molecule has 0 fully saturated rings. The number of aliphatic hydroxyl groups is 1. The van der Waals surface area contributed by atoms with E-state index in [4.69, 9.17) is 25.8 Å². The highest BCUT2D eigenvalue weighted by molar-refractivity contribution is 6.33. The predicted molar refractivity (Wildman–Crippen MR) is 109 cm³/mol. The number of rotatable bonds is 4. The van der Waals surface area contributed by atoms with Gasteiger partial charge in [0, 0.05) is 11.1 Å². The van der Waals surface area contributed by atoms with Gasteiger partial charge in [0.2, 0.25) is 0 Å². The first kappa shape index (κ1) is 21.3. The van der Waals surface area contributed by atoms with E-state index in [-0.39, 0.29) is 46.1 Å². The van der Waals surface area contributed by atoms with Crippen LogP contribution in [0.25, 0.3) is 0 Å². The quantitative estimate of drug-likeness (QED) is 0.660. The highest BCUT2D eigenvalue weighted by atomic mass is 35.5. The SMILES string of the molecule is COc1c([C@@H](O)CC(C)C)ccc2c1C(=O)OCc1c(C)c(C)c(Cl)c(O)c1O2. The van der Waals surface area contributed by atoms with Crippen LogP contribution in [0.5, 0.6) is 23.0 Å². The van der Waals surface area contributed by atoms with Crippen molar-refractivity contribution in [3.63, 3.8) is 0 Å². The number of carbonyl (C=O) groups is 1. The van der Waals surface area contributed by atoms with Crippen molar-refractivity contribution in [1.82, 2.24) is 0 Å². The number of esters is 1. The number of carbonyl (C=O) groups excluding carboxylic acids is 1. The van der Waals surface area contributed by atoms with E-state index < -0.39 is 12.1 Å². The highest BCUT2D eigenvalue weighted by Gasteiger charge is 2.31. The number of phenols is 1. The number of aromatic hydroxyl groups is 1. The molecule has 1 atom stereocenters. The first-order chi connectivity index (χ1) is 13.7. The number of phenolic OH excluding ortho intramolecular Hbond substituents is 1. The minimum absolute atomic E-state index is 0.0622. The third kappa shape index (κ3) is 3.74. The van der Waals surface area contributed by atoms with E-state index in [1.165, 1.54) is 7.11 Å². The van der Waals surface area contributed by atoms with Gasteiger partial charge in [-0.2, -0.15) is 0 Å². The molecule has 0 radical (unpaired) electrons. The number of hydrogen-bond donors (Lipinski definition) is 2. The fraction of sp³-hybridized carbons (Fsp3) is 0.409. The Balaban J connectivity index is 2.19. The van der Waals surface area contributed by atoms with Gasteiger partial charge in [-0.25, -0.2) is 4.79 Å². The Labute approximate surface area is 175 Å². The average Bonchev–Trinajstić information content (AvgIpc) is 2.67. The Morgan fingerprint density at radius 3 is 2.55 bits per heavy atom. The lowest BCUT2D eigenvalue weighted by Crippen LogP contribution is -2.15. The molecule has 3 rings (SSSR count). The van der Waals surface area contributed by atoms with E-state index in [0.29, 0.717) is 23.1 Å². The lowest BCUT2D eigenvalue weighted by atomic mass is 9.96. The van der Waals surface area contributed by atoms with E-state index in [1.807, 2.05) is 20.8 Å². The molecule has 0 saturated heterocycles. The largest absolute Gasteiger partial charge is 0.503 e. The van der Waals surface area contributed by atoms with E-state index in [2.05, 4.69) is 0 Å². The van der Waals surface area contributed by atoms with Gasteiger partial charge < -0.3 is 24.4 Å². The maximum absolute atomic E-state index is 12.8. The number of benzene rings is 2. The number of methoxy groups -OCH3 is 1. The molecular weight excluding hydrogens is 396 g/mol. The van der Waals surface area contributed by atoms with E-state index >= 15 is 0 Å². The number of cyclic esters (lactones) is 1. The van der Waals surface area contributed by atoms with Gasteiger partial charge >= 0.3 is 5.97 Å². The van der Waals surface area contributed by atoms with Crippen LogP contribution in [0.2, 0.25) is 5.02 Å². The zero-order valence-electron chi connectivity index (χ0n) is 17.1. The van der Waals surface area contributed by atoms with Crippen molar-refractivity contribution in [1.29, 1.82) is 0 Å². The van der Waals surface area contributed by atoms with Crippen molar-refractivity contribution in [3.8, 4) is 23.0 Å². The molecule has 1 aliphatic heterocycles. The van der Waals surface area contributed by atoms with Crippen LogP contribution in [0, 0.1) is 19.8 Å². The normalized spacial score (nSPS) is 14.3. The van der Waals surface area contributed by atoms with Gasteiger partial charge in [0.1, 0.15) is 23.7 Å². The standard InChI is InChI=1S/C22H25ClO6/c1-10(2)8-15(24)13-6-7-16-17(20(13)27-5)22(26)28-9-14-11(3)12(4)18(23)19(25)21(14)29-16/h6-7,10,15,24-25H,8-9H2,1-5H3/t15-/m0/s1.